The number of benzene rings is 1. The molecule has 0 amide bonds. The van der Waals surface area contributed by atoms with Crippen LogP contribution in [0.1, 0.15) is 11.4 Å². The van der Waals surface area contributed by atoms with Crippen LogP contribution in [0.25, 0.3) is 0 Å². The highest BCUT2D eigenvalue weighted by Gasteiger charge is 2.11. The predicted molar refractivity (Wildman–Crippen MR) is 82.4 cm³/mol. The van der Waals surface area contributed by atoms with Gasteiger partial charge in [0.2, 0.25) is 4.77 Å². The first-order valence-electron chi connectivity index (χ1n) is 5.67. The van der Waals surface area contributed by atoms with Gasteiger partial charge in [0, 0.05) is 5.56 Å². The molecule has 20 heavy (non-hydrogen) atoms. The Morgan fingerprint density at radius 3 is 2.70 bits per heavy atom. The van der Waals surface area contributed by atoms with Gasteiger partial charge in [-0.25, -0.2) is 0 Å². The van der Waals surface area contributed by atoms with Gasteiger partial charge in [-0.05, 0) is 47.2 Å². The van der Waals surface area contributed by atoms with Crippen molar-refractivity contribution in [2.75, 3.05) is 14.2 Å². The van der Waals surface area contributed by atoms with Crippen LogP contribution in [0, 0.1) is 11.7 Å². The molecule has 0 saturated heterocycles. The van der Waals surface area contributed by atoms with Crippen molar-refractivity contribution in [3.63, 3.8) is 0 Å². The Balaban J connectivity index is 2.42. The van der Waals surface area contributed by atoms with Gasteiger partial charge in [-0.2, -0.15) is 14.9 Å². The monoisotopic (exact) mass is 356 g/mol. The van der Waals surface area contributed by atoms with Crippen LogP contribution >= 0.6 is 28.1 Å². The van der Waals surface area contributed by atoms with Crippen molar-refractivity contribution in [1.82, 2.24) is 14.9 Å². The Hall–Kier alpha value is -1.67. The molecule has 8 heteroatoms. The number of halogens is 1. The summed E-state index contributed by atoms with van der Waals surface area (Å²) >= 11 is 8.56. The van der Waals surface area contributed by atoms with Crippen LogP contribution in [0.15, 0.2) is 21.7 Å². The Morgan fingerprint density at radius 2 is 2.15 bits per heavy atom. The minimum atomic E-state index is 0.440. The minimum Gasteiger partial charge on any atom is -0.493 e. The first-order chi connectivity index (χ1) is 9.58. The van der Waals surface area contributed by atoms with E-state index in [1.54, 1.807) is 25.1 Å². The summed E-state index contributed by atoms with van der Waals surface area (Å²) in [5, 5.41) is 11.0. The van der Waals surface area contributed by atoms with Crippen LogP contribution in [0.5, 0.6) is 11.5 Å². The summed E-state index contributed by atoms with van der Waals surface area (Å²) in [4.78, 5) is 0. The number of hydrogen-bond acceptors (Lipinski definition) is 5. The topological polar surface area (TPSA) is 64.4 Å². The molecule has 0 fully saturated rings. The third-order valence-electron chi connectivity index (χ3n) is 2.64. The summed E-state index contributed by atoms with van der Waals surface area (Å²) in [7, 11) is 3.17. The molecule has 0 atom stereocenters. The molecule has 2 rings (SSSR count). The second kappa shape index (κ2) is 6.19. The number of aromatic amines is 1. The maximum atomic E-state index is 5.31. The zero-order chi connectivity index (χ0) is 14.7. The second-order valence-electron chi connectivity index (χ2n) is 3.84. The SMILES string of the molecule is COc1ccc(/C=N\n2c(C)n[nH]c2=S)c(Br)c1OC. The molecule has 106 valence electrons. The van der Waals surface area contributed by atoms with Crippen molar-refractivity contribution in [3.8, 4) is 11.5 Å². The lowest BCUT2D eigenvalue weighted by molar-refractivity contribution is 0.353. The summed E-state index contributed by atoms with van der Waals surface area (Å²) in [6.07, 6.45) is 1.67. The van der Waals surface area contributed by atoms with Gasteiger partial charge in [-0.1, -0.05) is 0 Å². The van der Waals surface area contributed by atoms with E-state index < -0.39 is 0 Å². The van der Waals surface area contributed by atoms with Crippen LogP contribution in [-0.4, -0.2) is 35.3 Å². The van der Waals surface area contributed by atoms with Crippen molar-refractivity contribution in [1.29, 1.82) is 0 Å². The molecule has 0 aliphatic heterocycles. The Kier molecular flexibility index (Phi) is 4.56. The number of rotatable bonds is 4. The van der Waals surface area contributed by atoms with Gasteiger partial charge in [-0.3, -0.25) is 5.10 Å². The fraction of sp³-hybridized carbons (Fsp3) is 0.250. The number of aromatic nitrogens is 3. The number of nitrogens with zero attached hydrogens (tertiary/aromatic N) is 3. The van der Waals surface area contributed by atoms with Gasteiger partial charge in [-0.15, -0.1) is 0 Å². The fourth-order valence-electron chi connectivity index (χ4n) is 1.63. The largest absolute Gasteiger partial charge is 0.493 e. The normalized spacial score (nSPS) is 11.0. The maximum absolute atomic E-state index is 5.31. The third kappa shape index (κ3) is 2.75. The first-order valence-corrected chi connectivity index (χ1v) is 6.87. The summed E-state index contributed by atoms with van der Waals surface area (Å²) < 4.78 is 13.3. The van der Waals surface area contributed by atoms with Crippen LogP contribution in [0.2, 0.25) is 0 Å². The van der Waals surface area contributed by atoms with E-state index in [0.29, 0.717) is 22.1 Å². The summed E-state index contributed by atoms with van der Waals surface area (Å²) in [5.74, 6) is 1.94. The standard InChI is InChI=1S/C12H13BrN4O2S/c1-7-15-16-12(20)17(7)14-6-8-4-5-9(18-2)11(19-3)10(8)13/h4-6H,1-3H3,(H,16,20)/b14-6-. The van der Waals surface area contributed by atoms with Crippen LogP contribution in [0.3, 0.4) is 0 Å². The fourth-order valence-corrected chi connectivity index (χ4v) is 2.45. The lowest BCUT2D eigenvalue weighted by Crippen LogP contribution is -1.97. The average Bonchev–Trinajstić information content (AvgIpc) is 2.76. The van der Waals surface area contributed by atoms with Gasteiger partial charge >= 0.3 is 0 Å². The number of ether oxygens (including phenoxy) is 2. The van der Waals surface area contributed by atoms with Crippen LogP contribution < -0.4 is 9.47 Å². The van der Waals surface area contributed by atoms with E-state index in [-0.39, 0.29) is 0 Å². The van der Waals surface area contributed by atoms with E-state index in [0.717, 1.165) is 10.0 Å². The number of aryl methyl sites for hydroxylation is 1. The number of hydrogen-bond donors (Lipinski definition) is 1. The quantitative estimate of drug-likeness (QED) is 0.675. The zero-order valence-corrected chi connectivity index (χ0v) is 13.6. The maximum Gasteiger partial charge on any atom is 0.216 e. The Labute approximate surface area is 129 Å². The van der Waals surface area contributed by atoms with Crippen molar-refractivity contribution < 1.29 is 9.47 Å². The van der Waals surface area contributed by atoms with Crippen LogP contribution in [0.4, 0.5) is 0 Å². The number of methoxy groups -OCH3 is 2. The molecule has 1 aromatic heterocycles. The predicted octanol–water partition coefficient (Wildman–Crippen LogP) is 2.91. The molecule has 0 aliphatic rings. The second-order valence-corrected chi connectivity index (χ2v) is 5.02. The first kappa shape index (κ1) is 14.7. The molecule has 0 radical (unpaired) electrons. The summed E-state index contributed by atoms with van der Waals surface area (Å²) in [6, 6.07) is 3.68. The molecular weight excluding hydrogens is 344 g/mol. The van der Waals surface area contributed by atoms with E-state index in [2.05, 4.69) is 31.2 Å². The molecule has 0 bridgehead atoms. The molecule has 2 aromatic rings. The third-order valence-corrected chi connectivity index (χ3v) is 3.72. The summed E-state index contributed by atoms with van der Waals surface area (Å²) in [6.45, 7) is 1.81. The number of H-pyrrole nitrogens is 1. The molecule has 0 unspecified atom stereocenters. The molecule has 0 spiro atoms. The van der Waals surface area contributed by atoms with Crippen molar-refractivity contribution in [2.24, 2.45) is 5.10 Å². The molecule has 1 aromatic carbocycles. The highest BCUT2D eigenvalue weighted by atomic mass is 79.9. The molecule has 1 N–H and O–H groups in total. The van der Waals surface area contributed by atoms with Crippen molar-refractivity contribution >= 4 is 34.4 Å². The molecule has 6 nitrogen and oxygen atoms in total. The molecule has 0 aliphatic carbocycles. The molecule has 0 saturated carbocycles. The lowest BCUT2D eigenvalue weighted by atomic mass is 10.2. The van der Waals surface area contributed by atoms with E-state index in [4.69, 9.17) is 21.7 Å². The lowest BCUT2D eigenvalue weighted by Gasteiger charge is -2.10. The van der Waals surface area contributed by atoms with Gasteiger partial charge in [0.25, 0.3) is 0 Å². The Morgan fingerprint density at radius 1 is 1.40 bits per heavy atom. The van der Waals surface area contributed by atoms with E-state index in [1.807, 2.05) is 19.1 Å². The highest BCUT2D eigenvalue weighted by Crippen LogP contribution is 2.36. The zero-order valence-electron chi connectivity index (χ0n) is 11.2. The van der Waals surface area contributed by atoms with E-state index >= 15 is 0 Å². The van der Waals surface area contributed by atoms with Gasteiger partial charge in [0.15, 0.2) is 11.5 Å². The minimum absolute atomic E-state index is 0.440. The highest BCUT2D eigenvalue weighted by molar-refractivity contribution is 9.10. The van der Waals surface area contributed by atoms with Crippen LogP contribution in [-0.2, 0) is 0 Å². The Bertz CT molecular complexity index is 708. The molecule has 1 heterocycles. The molecular formula is C12H13BrN4O2S. The van der Waals surface area contributed by atoms with Crippen molar-refractivity contribution in [3.05, 3.63) is 32.8 Å². The van der Waals surface area contributed by atoms with Gasteiger partial charge < -0.3 is 9.47 Å². The van der Waals surface area contributed by atoms with Crippen molar-refractivity contribution in [2.45, 2.75) is 6.92 Å². The van der Waals surface area contributed by atoms with E-state index in [9.17, 15) is 0 Å². The smallest absolute Gasteiger partial charge is 0.216 e. The number of nitrogens with one attached hydrogen (secondary N) is 1. The van der Waals surface area contributed by atoms with Gasteiger partial charge in [0.05, 0.1) is 24.9 Å². The van der Waals surface area contributed by atoms with Gasteiger partial charge in [0.1, 0.15) is 5.82 Å². The average molecular weight is 357 g/mol. The van der Waals surface area contributed by atoms with E-state index in [1.165, 1.54) is 0 Å². The summed E-state index contributed by atoms with van der Waals surface area (Å²) in [5.41, 5.74) is 0.838.